The maximum absolute atomic E-state index is 10.9. The number of carboxylic acids is 1. The number of aliphatic carboxylic acids is 1. The van der Waals surface area contributed by atoms with Crippen LogP contribution in [0.4, 0.5) is 0 Å². The zero-order valence-corrected chi connectivity index (χ0v) is 9.16. The highest BCUT2D eigenvalue weighted by atomic mass is 16.4. The van der Waals surface area contributed by atoms with E-state index >= 15 is 0 Å². The van der Waals surface area contributed by atoms with Crippen molar-refractivity contribution in [3.8, 4) is 0 Å². The minimum absolute atomic E-state index is 0.0915. The summed E-state index contributed by atoms with van der Waals surface area (Å²) in [6.45, 7) is 5.74. The summed E-state index contributed by atoms with van der Waals surface area (Å²) < 4.78 is 0. The molecule has 0 heterocycles. The number of hydrogen-bond donors (Lipinski definition) is 2. The van der Waals surface area contributed by atoms with Gasteiger partial charge in [0.25, 0.3) is 0 Å². The lowest BCUT2D eigenvalue weighted by Crippen LogP contribution is -2.45. The third-order valence-corrected chi connectivity index (χ3v) is 3.83. The Bertz CT molecular complexity index is 223. The van der Waals surface area contributed by atoms with Crippen molar-refractivity contribution in [1.82, 2.24) is 0 Å². The summed E-state index contributed by atoms with van der Waals surface area (Å²) in [5.41, 5.74) is -1.55. The fraction of sp³-hybridized carbons (Fsp3) is 0.909. The largest absolute Gasteiger partial charge is 0.479 e. The minimum Gasteiger partial charge on any atom is -0.479 e. The lowest BCUT2D eigenvalue weighted by molar-refractivity contribution is -0.165. The molecular weight excluding hydrogens is 180 g/mol. The molecule has 1 aliphatic carbocycles. The highest BCUT2D eigenvalue weighted by Gasteiger charge is 2.42. The molecule has 3 heteroatoms. The molecule has 4 unspecified atom stereocenters. The lowest BCUT2D eigenvalue weighted by atomic mass is 9.70. The van der Waals surface area contributed by atoms with E-state index in [1.54, 1.807) is 0 Å². The molecule has 0 spiro atoms. The minimum atomic E-state index is -1.55. The molecule has 1 rings (SSSR count). The van der Waals surface area contributed by atoms with Gasteiger partial charge in [-0.3, -0.25) is 0 Å². The van der Waals surface area contributed by atoms with Gasteiger partial charge in [0, 0.05) is 0 Å². The molecular formula is C11H20O3. The zero-order chi connectivity index (χ0) is 10.9. The Morgan fingerprint density at radius 3 is 2.29 bits per heavy atom. The maximum atomic E-state index is 10.9. The Morgan fingerprint density at radius 2 is 1.86 bits per heavy atom. The van der Waals surface area contributed by atoms with E-state index in [4.69, 9.17) is 5.11 Å². The van der Waals surface area contributed by atoms with Gasteiger partial charge in [0.05, 0.1) is 0 Å². The molecule has 1 fully saturated rings. The predicted octanol–water partition coefficient (Wildman–Crippen LogP) is 1.89. The summed E-state index contributed by atoms with van der Waals surface area (Å²) in [6.07, 6.45) is 2.67. The van der Waals surface area contributed by atoms with E-state index in [9.17, 15) is 9.90 Å². The summed E-state index contributed by atoms with van der Waals surface area (Å²) >= 11 is 0. The monoisotopic (exact) mass is 200 g/mol. The highest BCUT2D eigenvalue weighted by molar-refractivity contribution is 5.76. The fourth-order valence-electron chi connectivity index (χ4n) is 2.23. The van der Waals surface area contributed by atoms with Gasteiger partial charge in [0.15, 0.2) is 5.60 Å². The quantitative estimate of drug-likeness (QED) is 0.715. The molecule has 0 bridgehead atoms. The fourth-order valence-corrected chi connectivity index (χ4v) is 2.23. The van der Waals surface area contributed by atoms with Gasteiger partial charge in [0.1, 0.15) is 0 Å². The number of carboxylic acid groups (broad SMARTS) is 1. The van der Waals surface area contributed by atoms with Crippen LogP contribution in [-0.2, 0) is 4.79 Å². The first kappa shape index (κ1) is 11.5. The van der Waals surface area contributed by atoms with Crippen molar-refractivity contribution in [3.63, 3.8) is 0 Å². The average molecular weight is 200 g/mol. The molecule has 0 aromatic rings. The van der Waals surface area contributed by atoms with Crippen LogP contribution < -0.4 is 0 Å². The third kappa shape index (κ3) is 2.08. The van der Waals surface area contributed by atoms with Gasteiger partial charge in [-0.2, -0.15) is 0 Å². The lowest BCUT2D eigenvalue weighted by Gasteiger charge is -2.37. The van der Waals surface area contributed by atoms with Gasteiger partial charge in [-0.1, -0.05) is 20.3 Å². The molecule has 14 heavy (non-hydrogen) atoms. The number of aliphatic hydroxyl groups is 1. The van der Waals surface area contributed by atoms with Crippen LogP contribution >= 0.6 is 0 Å². The van der Waals surface area contributed by atoms with Crippen molar-refractivity contribution in [2.24, 2.45) is 17.8 Å². The summed E-state index contributed by atoms with van der Waals surface area (Å²) in [5, 5.41) is 18.7. The van der Waals surface area contributed by atoms with Crippen LogP contribution in [0.3, 0.4) is 0 Å². The summed E-state index contributed by atoms with van der Waals surface area (Å²) in [5.74, 6) is -0.0223. The zero-order valence-electron chi connectivity index (χ0n) is 9.16. The number of carbonyl (C=O) groups is 1. The summed E-state index contributed by atoms with van der Waals surface area (Å²) in [6, 6.07) is 0. The first-order valence-electron chi connectivity index (χ1n) is 5.31. The van der Waals surface area contributed by atoms with E-state index in [2.05, 4.69) is 13.8 Å². The topological polar surface area (TPSA) is 57.5 Å². The first-order chi connectivity index (χ1) is 6.35. The second-order valence-electron chi connectivity index (χ2n) is 4.92. The average Bonchev–Trinajstić information content (AvgIpc) is 2.09. The Hall–Kier alpha value is -0.570. The van der Waals surface area contributed by atoms with E-state index in [1.807, 2.05) is 0 Å². The first-order valence-corrected chi connectivity index (χ1v) is 5.31. The van der Waals surface area contributed by atoms with Crippen LogP contribution in [0.2, 0.25) is 0 Å². The van der Waals surface area contributed by atoms with Gasteiger partial charge in [-0.05, 0) is 37.5 Å². The molecule has 0 aliphatic heterocycles. The van der Waals surface area contributed by atoms with Crippen LogP contribution in [0.15, 0.2) is 0 Å². The van der Waals surface area contributed by atoms with Gasteiger partial charge >= 0.3 is 5.97 Å². The Kier molecular flexibility index (Phi) is 3.20. The van der Waals surface area contributed by atoms with Crippen molar-refractivity contribution in [2.45, 2.75) is 45.6 Å². The van der Waals surface area contributed by atoms with E-state index in [-0.39, 0.29) is 5.92 Å². The molecule has 2 N–H and O–H groups in total. The molecule has 4 atom stereocenters. The molecule has 0 saturated heterocycles. The molecule has 1 saturated carbocycles. The molecule has 0 amide bonds. The van der Waals surface area contributed by atoms with Crippen LogP contribution in [0.5, 0.6) is 0 Å². The van der Waals surface area contributed by atoms with E-state index in [0.29, 0.717) is 11.8 Å². The van der Waals surface area contributed by atoms with E-state index < -0.39 is 11.6 Å². The standard InChI is InChI=1S/C11H20O3/c1-7-4-5-9(6-8(7)2)11(3,14)10(12)13/h7-9,14H,4-6H2,1-3H3,(H,12,13). The van der Waals surface area contributed by atoms with Gasteiger partial charge < -0.3 is 10.2 Å². The maximum Gasteiger partial charge on any atom is 0.335 e. The highest BCUT2D eigenvalue weighted by Crippen LogP contribution is 2.38. The normalized spacial score (nSPS) is 37.6. The Labute approximate surface area is 85.1 Å². The van der Waals surface area contributed by atoms with Crippen LogP contribution in [0.1, 0.15) is 40.0 Å². The van der Waals surface area contributed by atoms with Gasteiger partial charge in [-0.25, -0.2) is 4.79 Å². The van der Waals surface area contributed by atoms with Crippen molar-refractivity contribution in [2.75, 3.05) is 0 Å². The molecule has 0 aromatic heterocycles. The van der Waals surface area contributed by atoms with Crippen LogP contribution in [0, 0.1) is 17.8 Å². The second kappa shape index (κ2) is 3.89. The van der Waals surface area contributed by atoms with Crippen molar-refractivity contribution in [3.05, 3.63) is 0 Å². The second-order valence-corrected chi connectivity index (χ2v) is 4.92. The van der Waals surface area contributed by atoms with Crippen molar-refractivity contribution in [1.29, 1.82) is 0 Å². The molecule has 82 valence electrons. The number of hydrogen-bond acceptors (Lipinski definition) is 2. The van der Waals surface area contributed by atoms with Crippen LogP contribution in [-0.4, -0.2) is 21.8 Å². The SMILES string of the molecule is CC1CCC(C(C)(O)C(=O)O)CC1C. The molecule has 0 radical (unpaired) electrons. The van der Waals surface area contributed by atoms with Crippen LogP contribution in [0.25, 0.3) is 0 Å². The molecule has 3 nitrogen and oxygen atoms in total. The van der Waals surface area contributed by atoms with Crippen molar-refractivity contribution < 1.29 is 15.0 Å². The summed E-state index contributed by atoms with van der Waals surface area (Å²) in [7, 11) is 0. The van der Waals surface area contributed by atoms with E-state index in [1.165, 1.54) is 6.92 Å². The number of rotatable bonds is 2. The van der Waals surface area contributed by atoms with Gasteiger partial charge in [0.2, 0.25) is 0 Å². The Balaban J connectivity index is 2.67. The summed E-state index contributed by atoms with van der Waals surface area (Å²) in [4.78, 5) is 10.9. The smallest absolute Gasteiger partial charge is 0.335 e. The molecule has 1 aliphatic rings. The predicted molar refractivity (Wildman–Crippen MR) is 53.9 cm³/mol. The van der Waals surface area contributed by atoms with E-state index in [0.717, 1.165) is 19.3 Å². The molecule has 0 aromatic carbocycles. The van der Waals surface area contributed by atoms with Crippen molar-refractivity contribution >= 4 is 5.97 Å². The third-order valence-electron chi connectivity index (χ3n) is 3.83. The Morgan fingerprint density at radius 1 is 1.29 bits per heavy atom. The van der Waals surface area contributed by atoms with Gasteiger partial charge in [-0.15, -0.1) is 0 Å².